The highest BCUT2D eigenvalue weighted by atomic mass is 16.4. The minimum Gasteiger partial charge on any atom is -0.481 e. The molecule has 7 heteroatoms. The van der Waals surface area contributed by atoms with Crippen molar-refractivity contribution in [2.45, 2.75) is 64.0 Å². The number of nitrogens with one attached hydrogen (secondary N) is 2. The SMILES string of the molecule is O=C(O)C[C@@H]1CCCN(c2ccc(C(=O)NC3CCCCC3)c(NCc3ccccc3)n2)C1. The number of aliphatic carboxylic acids is 1. The number of pyridine rings is 1. The van der Waals surface area contributed by atoms with Crippen LogP contribution in [0, 0.1) is 5.92 Å². The molecule has 1 amide bonds. The van der Waals surface area contributed by atoms with Crippen LogP contribution < -0.4 is 15.5 Å². The van der Waals surface area contributed by atoms with Crippen molar-refractivity contribution < 1.29 is 14.7 Å². The smallest absolute Gasteiger partial charge is 0.303 e. The Kier molecular flexibility index (Phi) is 7.81. The third-order valence-electron chi connectivity index (χ3n) is 6.67. The van der Waals surface area contributed by atoms with E-state index in [2.05, 4.69) is 15.5 Å². The highest BCUT2D eigenvalue weighted by Crippen LogP contribution is 2.27. The van der Waals surface area contributed by atoms with Gasteiger partial charge in [-0.05, 0) is 49.3 Å². The Morgan fingerprint density at radius 3 is 2.55 bits per heavy atom. The van der Waals surface area contributed by atoms with Crippen LogP contribution in [0.25, 0.3) is 0 Å². The van der Waals surface area contributed by atoms with Gasteiger partial charge in [-0.15, -0.1) is 0 Å². The van der Waals surface area contributed by atoms with E-state index in [1.165, 1.54) is 6.42 Å². The van der Waals surface area contributed by atoms with Crippen LogP contribution >= 0.6 is 0 Å². The van der Waals surface area contributed by atoms with E-state index in [-0.39, 0.29) is 24.3 Å². The fourth-order valence-corrected chi connectivity index (χ4v) is 4.92. The zero-order chi connectivity index (χ0) is 23.0. The van der Waals surface area contributed by atoms with Crippen molar-refractivity contribution in [2.75, 3.05) is 23.3 Å². The molecule has 4 rings (SSSR count). The first-order chi connectivity index (χ1) is 16.1. The standard InChI is InChI=1S/C26H34N4O3/c31-24(32)16-20-10-7-15-30(18-20)23-14-13-22(26(33)28-21-11-5-2-6-12-21)25(29-23)27-17-19-8-3-1-4-9-19/h1,3-4,8-9,13-14,20-21H,2,5-7,10-12,15-18H2,(H,27,29)(H,28,33)(H,31,32)/t20-/m0/s1. The Morgan fingerprint density at radius 1 is 1.00 bits per heavy atom. The highest BCUT2D eigenvalue weighted by molar-refractivity contribution is 5.99. The van der Waals surface area contributed by atoms with Crippen LogP contribution in [0.2, 0.25) is 0 Å². The lowest BCUT2D eigenvalue weighted by Crippen LogP contribution is -2.38. The molecule has 2 heterocycles. The molecule has 7 nitrogen and oxygen atoms in total. The van der Waals surface area contributed by atoms with Crippen molar-refractivity contribution in [3.63, 3.8) is 0 Å². The summed E-state index contributed by atoms with van der Waals surface area (Å²) in [4.78, 5) is 31.3. The molecule has 176 valence electrons. The first-order valence-corrected chi connectivity index (χ1v) is 12.1. The zero-order valence-electron chi connectivity index (χ0n) is 19.1. The first kappa shape index (κ1) is 23.1. The number of carboxylic acid groups (broad SMARTS) is 1. The van der Waals surface area contributed by atoms with Gasteiger partial charge in [0.05, 0.1) is 5.56 Å². The van der Waals surface area contributed by atoms with Crippen LogP contribution in [0.5, 0.6) is 0 Å². The summed E-state index contributed by atoms with van der Waals surface area (Å²) in [5.74, 6) is 0.640. The minimum absolute atomic E-state index is 0.0843. The summed E-state index contributed by atoms with van der Waals surface area (Å²) in [6.45, 7) is 2.09. The molecule has 0 spiro atoms. The number of carbonyl (C=O) groups is 2. The molecule has 1 saturated heterocycles. The fraction of sp³-hybridized carbons (Fsp3) is 0.500. The summed E-state index contributed by atoms with van der Waals surface area (Å²) >= 11 is 0. The fourth-order valence-electron chi connectivity index (χ4n) is 4.92. The average Bonchev–Trinajstić information content (AvgIpc) is 2.83. The van der Waals surface area contributed by atoms with Crippen LogP contribution in [0.3, 0.4) is 0 Å². The molecule has 3 N–H and O–H groups in total. The lowest BCUT2D eigenvalue weighted by Gasteiger charge is -2.33. The van der Waals surface area contributed by atoms with Gasteiger partial charge in [0.2, 0.25) is 0 Å². The summed E-state index contributed by atoms with van der Waals surface area (Å²) in [6.07, 6.45) is 7.66. The van der Waals surface area contributed by atoms with E-state index in [1.807, 2.05) is 42.5 Å². The largest absolute Gasteiger partial charge is 0.481 e. The Balaban J connectivity index is 1.53. The van der Waals surface area contributed by atoms with Gasteiger partial charge in [0.25, 0.3) is 5.91 Å². The molecule has 33 heavy (non-hydrogen) atoms. The number of piperidine rings is 1. The van der Waals surface area contributed by atoms with Crippen LogP contribution in [0.1, 0.15) is 67.3 Å². The van der Waals surface area contributed by atoms with E-state index in [9.17, 15) is 14.7 Å². The van der Waals surface area contributed by atoms with Gasteiger partial charge in [0.1, 0.15) is 11.6 Å². The monoisotopic (exact) mass is 450 g/mol. The van der Waals surface area contributed by atoms with Crippen LogP contribution in [0.15, 0.2) is 42.5 Å². The number of anilines is 2. The maximum Gasteiger partial charge on any atom is 0.303 e. The van der Waals surface area contributed by atoms with Crippen LogP contribution in [-0.2, 0) is 11.3 Å². The maximum absolute atomic E-state index is 13.1. The van der Waals surface area contributed by atoms with E-state index in [4.69, 9.17) is 4.98 Å². The molecule has 2 aliphatic rings. The van der Waals surface area contributed by atoms with E-state index < -0.39 is 5.97 Å². The van der Waals surface area contributed by atoms with E-state index >= 15 is 0 Å². The van der Waals surface area contributed by atoms with E-state index in [1.54, 1.807) is 0 Å². The molecule has 2 fully saturated rings. The summed E-state index contributed by atoms with van der Waals surface area (Å²) < 4.78 is 0. The number of hydrogen-bond donors (Lipinski definition) is 3. The third-order valence-corrected chi connectivity index (χ3v) is 6.67. The molecule has 1 atom stereocenters. The van der Waals surface area contributed by atoms with Gasteiger partial charge in [-0.2, -0.15) is 0 Å². The Bertz CT molecular complexity index is 944. The van der Waals surface area contributed by atoms with Crippen molar-refractivity contribution in [2.24, 2.45) is 5.92 Å². The summed E-state index contributed by atoms with van der Waals surface area (Å²) in [5, 5.41) is 15.8. The molecular weight excluding hydrogens is 416 g/mol. The predicted molar refractivity (Wildman–Crippen MR) is 130 cm³/mol. The number of nitrogens with zero attached hydrogens (tertiary/aromatic N) is 2. The zero-order valence-corrected chi connectivity index (χ0v) is 19.1. The molecule has 0 radical (unpaired) electrons. The van der Waals surface area contributed by atoms with Gasteiger partial charge in [-0.25, -0.2) is 4.98 Å². The Morgan fingerprint density at radius 2 is 1.79 bits per heavy atom. The van der Waals surface area contributed by atoms with Crippen molar-refractivity contribution >= 4 is 23.5 Å². The third kappa shape index (κ3) is 6.46. The molecule has 1 aliphatic heterocycles. The molecule has 1 aromatic heterocycles. The van der Waals surface area contributed by atoms with Gasteiger partial charge >= 0.3 is 5.97 Å². The molecule has 2 aromatic rings. The van der Waals surface area contributed by atoms with Crippen molar-refractivity contribution in [1.82, 2.24) is 10.3 Å². The van der Waals surface area contributed by atoms with E-state index in [0.717, 1.165) is 56.5 Å². The normalized spacial score (nSPS) is 19.2. The number of hydrogen-bond acceptors (Lipinski definition) is 5. The van der Waals surface area contributed by atoms with Gasteiger partial charge in [0.15, 0.2) is 0 Å². The number of aromatic nitrogens is 1. The van der Waals surface area contributed by atoms with Gasteiger partial charge in [-0.3, -0.25) is 9.59 Å². The topological polar surface area (TPSA) is 94.6 Å². The van der Waals surface area contributed by atoms with Crippen molar-refractivity contribution in [3.05, 3.63) is 53.6 Å². The summed E-state index contributed by atoms with van der Waals surface area (Å²) in [7, 11) is 0. The number of carbonyl (C=O) groups excluding carboxylic acids is 1. The number of carboxylic acids is 1. The second kappa shape index (κ2) is 11.2. The average molecular weight is 451 g/mol. The number of rotatable bonds is 8. The second-order valence-electron chi connectivity index (χ2n) is 9.27. The second-order valence-corrected chi connectivity index (χ2v) is 9.27. The number of amides is 1. The maximum atomic E-state index is 13.1. The van der Waals surface area contributed by atoms with Gasteiger partial charge < -0.3 is 20.6 Å². The van der Waals surface area contributed by atoms with Crippen LogP contribution in [0.4, 0.5) is 11.6 Å². The number of benzene rings is 1. The first-order valence-electron chi connectivity index (χ1n) is 12.1. The molecule has 1 saturated carbocycles. The predicted octanol–water partition coefficient (Wildman–Crippen LogP) is 4.45. The summed E-state index contributed by atoms with van der Waals surface area (Å²) in [6, 6.07) is 14.0. The quantitative estimate of drug-likeness (QED) is 0.550. The molecule has 0 bridgehead atoms. The molecule has 1 aliphatic carbocycles. The lowest BCUT2D eigenvalue weighted by molar-refractivity contribution is -0.138. The molecule has 0 unspecified atom stereocenters. The Hall–Kier alpha value is -3.09. The van der Waals surface area contributed by atoms with Crippen LogP contribution in [-0.4, -0.2) is 41.1 Å². The molecular formula is C26H34N4O3. The summed E-state index contributed by atoms with van der Waals surface area (Å²) in [5.41, 5.74) is 1.67. The van der Waals surface area contributed by atoms with Gasteiger partial charge in [-0.1, -0.05) is 49.6 Å². The Labute approximate surface area is 195 Å². The highest BCUT2D eigenvalue weighted by Gasteiger charge is 2.25. The lowest BCUT2D eigenvalue weighted by atomic mass is 9.95. The molecule has 1 aromatic carbocycles. The van der Waals surface area contributed by atoms with Crippen molar-refractivity contribution in [3.8, 4) is 0 Å². The van der Waals surface area contributed by atoms with E-state index in [0.29, 0.717) is 24.5 Å². The van der Waals surface area contributed by atoms with Gasteiger partial charge in [0, 0.05) is 32.1 Å². The minimum atomic E-state index is -0.755. The van der Waals surface area contributed by atoms with Crippen molar-refractivity contribution in [1.29, 1.82) is 0 Å².